The van der Waals surface area contributed by atoms with Gasteiger partial charge in [-0.25, -0.2) is 4.79 Å². The van der Waals surface area contributed by atoms with Gasteiger partial charge in [0.05, 0.1) is 11.6 Å². The highest BCUT2D eigenvalue weighted by Gasteiger charge is 2.19. The molecule has 0 aliphatic rings. The fourth-order valence-corrected chi connectivity index (χ4v) is 4.08. The highest BCUT2D eigenvalue weighted by Crippen LogP contribution is 2.38. The summed E-state index contributed by atoms with van der Waals surface area (Å²) in [5, 5.41) is 10.5. The zero-order valence-electron chi connectivity index (χ0n) is 19.2. The minimum atomic E-state index is -0.352. The molecule has 0 spiro atoms. The number of carbonyl (C=O) groups is 1. The van der Waals surface area contributed by atoms with Crippen LogP contribution >= 0.6 is 0 Å². The molecule has 5 heteroatoms. The van der Waals surface area contributed by atoms with Crippen LogP contribution in [0.4, 0.5) is 4.79 Å². The van der Waals surface area contributed by atoms with Gasteiger partial charge in [-0.15, -0.1) is 0 Å². The largest absolute Gasteiger partial charge is 0.415 e. The summed E-state index contributed by atoms with van der Waals surface area (Å²) in [6.07, 6.45) is 1.67. The summed E-state index contributed by atoms with van der Waals surface area (Å²) in [6.45, 7) is 7.69. The quantitative estimate of drug-likeness (QED) is 0.352. The van der Waals surface area contributed by atoms with Crippen LogP contribution in [0, 0.1) is 18.3 Å². The average molecular weight is 438 g/mol. The molecule has 0 saturated heterocycles. The van der Waals surface area contributed by atoms with Gasteiger partial charge < -0.3 is 14.2 Å². The Labute approximate surface area is 194 Å². The molecular weight excluding hydrogens is 410 g/mol. The highest BCUT2D eigenvalue weighted by molar-refractivity contribution is 5.99. The third-order valence-electron chi connectivity index (χ3n) is 5.95. The first-order valence-corrected chi connectivity index (χ1v) is 11.2. The summed E-state index contributed by atoms with van der Waals surface area (Å²) in [5.74, 6) is 0.540. The van der Waals surface area contributed by atoms with Gasteiger partial charge >= 0.3 is 6.09 Å². The van der Waals surface area contributed by atoms with Crippen molar-refractivity contribution in [2.45, 2.75) is 27.3 Å². The third-order valence-corrected chi connectivity index (χ3v) is 5.95. The summed E-state index contributed by atoms with van der Waals surface area (Å²) in [4.78, 5) is 14.4. The van der Waals surface area contributed by atoms with Crippen molar-refractivity contribution in [3.8, 4) is 22.9 Å². The van der Waals surface area contributed by atoms with Crippen molar-refractivity contribution in [2.24, 2.45) is 0 Å². The lowest BCUT2D eigenvalue weighted by Crippen LogP contribution is -2.33. The van der Waals surface area contributed by atoms with E-state index < -0.39 is 0 Å². The Morgan fingerprint density at radius 2 is 1.73 bits per heavy atom. The van der Waals surface area contributed by atoms with E-state index in [1.54, 1.807) is 4.90 Å². The van der Waals surface area contributed by atoms with Crippen molar-refractivity contribution < 1.29 is 9.53 Å². The Balaban J connectivity index is 1.82. The van der Waals surface area contributed by atoms with Gasteiger partial charge in [-0.2, -0.15) is 5.26 Å². The summed E-state index contributed by atoms with van der Waals surface area (Å²) in [6, 6.07) is 24.0. The number of ether oxygens (including phenoxy) is 1. The molecule has 4 aromatic rings. The molecule has 33 heavy (non-hydrogen) atoms. The van der Waals surface area contributed by atoms with E-state index in [1.165, 1.54) is 5.56 Å². The number of carbonyl (C=O) groups excluding carboxylic acids is 1. The molecular formula is C28H27N3O2. The Morgan fingerprint density at radius 1 is 1.00 bits per heavy atom. The number of nitrogens with zero attached hydrogens (tertiary/aromatic N) is 3. The topological polar surface area (TPSA) is 58.3 Å². The van der Waals surface area contributed by atoms with E-state index in [1.807, 2.05) is 62.5 Å². The number of aromatic nitrogens is 1. The molecule has 3 aromatic carbocycles. The van der Waals surface area contributed by atoms with E-state index in [0.717, 1.165) is 27.6 Å². The molecule has 0 fully saturated rings. The molecule has 1 heterocycles. The van der Waals surface area contributed by atoms with Crippen molar-refractivity contribution in [2.75, 3.05) is 13.1 Å². The fourth-order valence-electron chi connectivity index (χ4n) is 4.08. The SMILES string of the molecule is CCN(CC)C(=O)Oc1ccc2c(ccn2Cc2ccccc2C#N)c1-c1ccc(C)cc1. The molecule has 0 bridgehead atoms. The van der Waals surface area contributed by atoms with Crippen molar-refractivity contribution in [3.63, 3.8) is 0 Å². The lowest BCUT2D eigenvalue weighted by Gasteiger charge is -2.20. The number of hydrogen-bond donors (Lipinski definition) is 0. The normalized spacial score (nSPS) is 10.7. The van der Waals surface area contributed by atoms with Crippen LogP contribution in [0.3, 0.4) is 0 Å². The predicted octanol–water partition coefficient (Wildman–Crippen LogP) is 6.38. The van der Waals surface area contributed by atoms with Gasteiger partial charge in [0, 0.05) is 42.3 Å². The zero-order chi connectivity index (χ0) is 23.4. The number of fused-ring (bicyclic) bond motifs is 1. The van der Waals surface area contributed by atoms with Crippen LogP contribution < -0.4 is 4.74 Å². The van der Waals surface area contributed by atoms with Crippen LogP contribution in [0.2, 0.25) is 0 Å². The Bertz CT molecular complexity index is 1330. The fraction of sp³-hybridized carbons (Fsp3) is 0.214. The van der Waals surface area contributed by atoms with Crippen LogP contribution in [-0.2, 0) is 6.54 Å². The molecule has 0 unspecified atom stereocenters. The molecule has 4 rings (SSSR count). The molecule has 1 aromatic heterocycles. The summed E-state index contributed by atoms with van der Waals surface area (Å²) in [5.41, 5.74) is 5.69. The number of nitriles is 1. The minimum absolute atomic E-state index is 0.352. The van der Waals surface area contributed by atoms with E-state index in [9.17, 15) is 10.1 Å². The number of benzene rings is 3. The minimum Gasteiger partial charge on any atom is -0.410 e. The molecule has 0 aliphatic heterocycles. The van der Waals surface area contributed by atoms with Gasteiger partial charge in [-0.05, 0) is 56.2 Å². The number of aryl methyl sites for hydroxylation is 1. The zero-order valence-corrected chi connectivity index (χ0v) is 19.2. The summed E-state index contributed by atoms with van der Waals surface area (Å²) in [7, 11) is 0. The standard InChI is InChI=1S/C28H27N3O2/c1-4-30(5-2)28(32)33-26-15-14-25-24(27(26)21-12-10-20(3)11-13-21)16-17-31(25)19-23-9-7-6-8-22(23)18-29/h6-17H,4-5,19H2,1-3H3. The molecule has 1 amide bonds. The van der Waals surface area contributed by atoms with Crippen LogP contribution in [0.5, 0.6) is 5.75 Å². The van der Waals surface area contributed by atoms with Crippen LogP contribution in [0.1, 0.15) is 30.5 Å². The maximum Gasteiger partial charge on any atom is 0.415 e. The second-order valence-corrected chi connectivity index (χ2v) is 7.99. The number of hydrogen-bond acceptors (Lipinski definition) is 3. The second-order valence-electron chi connectivity index (χ2n) is 7.99. The van der Waals surface area contributed by atoms with Gasteiger partial charge in [0.25, 0.3) is 0 Å². The predicted molar refractivity (Wildman–Crippen MR) is 131 cm³/mol. The molecule has 5 nitrogen and oxygen atoms in total. The first kappa shape index (κ1) is 22.2. The maximum atomic E-state index is 12.7. The number of amides is 1. The smallest absolute Gasteiger partial charge is 0.410 e. The van der Waals surface area contributed by atoms with Crippen molar-refractivity contribution in [3.05, 3.63) is 89.6 Å². The molecule has 0 radical (unpaired) electrons. The Hall–Kier alpha value is -4.04. The van der Waals surface area contributed by atoms with Gasteiger partial charge in [0.2, 0.25) is 0 Å². The molecule has 0 aliphatic carbocycles. The molecule has 0 atom stereocenters. The summed E-state index contributed by atoms with van der Waals surface area (Å²) < 4.78 is 8.01. The third kappa shape index (κ3) is 4.47. The monoisotopic (exact) mass is 437 g/mol. The van der Waals surface area contributed by atoms with E-state index in [2.05, 4.69) is 41.8 Å². The Kier molecular flexibility index (Phi) is 6.46. The van der Waals surface area contributed by atoms with E-state index in [-0.39, 0.29) is 6.09 Å². The van der Waals surface area contributed by atoms with E-state index in [4.69, 9.17) is 4.74 Å². The van der Waals surface area contributed by atoms with Crippen LogP contribution in [0.25, 0.3) is 22.0 Å². The van der Waals surface area contributed by atoms with E-state index in [0.29, 0.717) is 30.9 Å². The van der Waals surface area contributed by atoms with E-state index >= 15 is 0 Å². The second kappa shape index (κ2) is 9.62. The van der Waals surface area contributed by atoms with Gasteiger partial charge in [-0.1, -0.05) is 48.0 Å². The highest BCUT2D eigenvalue weighted by atomic mass is 16.6. The molecule has 166 valence electrons. The molecule has 0 saturated carbocycles. The Morgan fingerprint density at radius 3 is 2.42 bits per heavy atom. The lowest BCUT2D eigenvalue weighted by atomic mass is 9.99. The number of rotatable bonds is 6. The summed E-state index contributed by atoms with van der Waals surface area (Å²) >= 11 is 0. The van der Waals surface area contributed by atoms with Gasteiger partial charge in [0.1, 0.15) is 5.75 Å². The van der Waals surface area contributed by atoms with Gasteiger partial charge in [0.15, 0.2) is 0 Å². The van der Waals surface area contributed by atoms with Crippen LogP contribution in [0.15, 0.2) is 72.9 Å². The first-order chi connectivity index (χ1) is 16.0. The van der Waals surface area contributed by atoms with Crippen molar-refractivity contribution >= 4 is 17.0 Å². The van der Waals surface area contributed by atoms with Gasteiger partial charge in [-0.3, -0.25) is 0 Å². The van der Waals surface area contributed by atoms with Crippen molar-refractivity contribution in [1.82, 2.24) is 9.47 Å². The maximum absolute atomic E-state index is 12.7. The van der Waals surface area contributed by atoms with Crippen LogP contribution in [-0.4, -0.2) is 28.6 Å². The first-order valence-electron chi connectivity index (χ1n) is 11.2. The lowest BCUT2D eigenvalue weighted by molar-refractivity contribution is 0.157. The molecule has 0 N–H and O–H groups in total. The van der Waals surface area contributed by atoms with Crippen molar-refractivity contribution in [1.29, 1.82) is 5.26 Å². The average Bonchev–Trinajstić information content (AvgIpc) is 3.23.